The summed E-state index contributed by atoms with van der Waals surface area (Å²) in [6.07, 6.45) is 0. The van der Waals surface area contributed by atoms with Gasteiger partial charge in [0.2, 0.25) is 0 Å². The minimum atomic E-state index is -0.219. The first-order valence-corrected chi connectivity index (χ1v) is 5.55. The molecule has 0 saturated carbocycles. The smallest absolute Gasteiger partial charge is 0.128 e. The standard InChI is InChI=1S/C11H15BrFNO/c1-14(2)5-6-15-8-9-7-10(12)3-4-11(9)13/h3-4,7H,5-6,8H2,1-2H3. The first kappa shape index (κ1) is 12.6. The molecule has 0 heterocycles. The first-order chi connectivity index (χ1) is 7.09. The van der Waals surface area contributed by atoms with Crippen LogP contribution < -0.4 is 0 Å². The van der Waals surface area contributed by atoms with Crippen molar-refractivity contribution in [2.24, 2.45) is 0 Å². The van der Waals surface area contributed by atoms with Crippen molar-refractivity contribution >= 4 is 15.9 Å². The fraction of sp³-hybridized carbons (Fsp3) is 0.455. The third kappa shape index (κ3) is 4.73. The minimum Gasteiger partial charge on any atom is -0.375 e. The molecule has 0 aliphatic carbocycles. The average Bonchev–Trinajstić information content (AvgIpc) is 2.17. The summed E-state index contributed by atoms with van der Waals surface area (Å²) in [5.74, 6) is -0.219. The van der Waals surface area contributed by atoms with Crippen molar-refractivity contribution in [1.82, 2.24) is 4.90 Å². The van der Waals surface area contributed by atoms with Crippen molar-refractivity contribution in [3.63, 3.8) is 0 Å². The van der Waals surface area contributed by atoms with Gasteiger partial charge in [-0.15, -0.1) is 0 Å². The molecular weight excluding hydrogens is 261 g/mol. The zero-order chi connectivity index (χ0) is 11.3. The summed E-state index contributed by atoms with van der Waals surface area (Å²) >= 11 is 3.30. The monoisotopic (exact) mass is 275 g/mol. The molecule has 0 fully saturated rings. The highest BCUT2D eigenvalue weighted by molar-refractivity contribution is 9.10. The molecule has 0 saturated heterocycles. The van der Waals surface area contributed by atoms with Gasteiger partial charge in [-0.25, -0.2) is 4.39 Å². The summed E-state index contributed by atoms with van der Waals surface area (Å²) in [6.45, 7) is 1.77. The van der Waals surface area contributed by atoms with E-state index in [0.29, 0.717) is 18.8 Å². The second-order valence-corrected chi connectivity index (χ2v) is 4.51. The number of hydrogen-bond acceptors (Lipinski definition) is 2. The van der Waals surface area contributed by atoms with E-state index in [0.717, 1.165) is 11.0 Å². The van der Waals surface area contributed by atoms with Crippen molar-refractivity contribution in [1.29, 1.82) is 0 Å². The Labute approximate surface area is 98.2 Å². The minimum absolute atomic E-state index is 0.219. The van der Waals surface area contributed by atoms with Crippen LogP contribution in [-0.4, -0.2) is 32.1 Å². The molecule has 0 unspecified atom stereocenters. The van der Waals surface area contributed by atoms with Crippen LogP contribution in [0.1, 0.15) is 5.56 Å². The number of hydrogen-bond donors (Lipinski definition) is 0. The van der Waals surface area contributed by atoms with Crippen molar-refractivity contribution in [3.8, 4) is 0 Å². The molecule has 1 aromatic carbocycles. The van der Waals surface area contributed by atoms with Crippen LogP contribution in [0.3, 0.4) is 0 Å². The van der Waals surface area contributed by atoms with Crippen LogP contribution in [0.2, 0.25) is 0 Å². The Morgan fingerprint density at radius 1 is 1.40 bits per heavy atom. The van der Waals surface area contributed by atoms with E-state index >= 15 is 0 Å². The van der Waals surface area contributed by atoms with Gasteiger partial charge in [-0.05, 0) is 32.3 Å². The number of ether oxygens (including phenoxy) is 1. The highest BCUT2D eigenvalue weighted by atomic mass is 79.9. The van der Waals surface area contributed by atoms with Crippen molar-refractivity contribution < 1.29 is 9.13 Å². The number of likely N-dealkylation sites (N-methyl/N-ethyl adjacent to an activating group) is 1. The Bertz CT molecular complexity index is 317. The number of benzene rings is 1. The molecule has 0 amide bonds. The Hall–Kier alpha value is -0.450. The van der Waals surface area contributed by atoms with Gasteiger partial charge in [0, 0.05) is 16.6 Å². The molecule has 0 bridgehead atoms. The summed E-state index contributed by atoms with van der Waals surface area (Å²) in [4.78, 5) is 2.03. The molecule has 15 heavy (non-hydrogen) atoms. The molecular formula is C11H15BrFNO. The van der Waals surface area contributed by atoms with Crippen LogP contribution in [-0.2, 0) is 11.3 Å². The predicted molar refractivity (Wildman–Crippen MR) is 62.3 cm³/mol. The van der Waals surface area contributed by atoms with Crippen LogP contribution in [0, 0.1) is 5.82 Å². The molecule has 0 spiro atoms. The zero-order valence-electron chi connectivity index (χ0n) is 8.96. The van der Waals surface area contributed by atoms with Crippen LogP contribution in [0.4, 0.5) is 4.39 Å². The van der Waals surface area contributed by atoms with E-state index in [-0.39, 0.29) is 5.82 Å². The van der Waals surface area contributed by atoms with Gasteiger partial charge in [-0.2, -0.15) is 0 Å². The Kier molecular flexibility index (Phi) is 5.22. The third-order valence-electron chi connectivity index (χ3n) is 1.95. The second kappa shape index (κ2) is 6.20. The van der Waals surface area contributed by atoms with Gasteiger partial charge in [0.1, 0.15) is 5.82 Å². The molecule has 0 aliphatic heterocycles. The van der Waals surface area contributed by atoms with Gasteiger partial charge >= 0.3 is 0 Å². The lowest BCUT2D eigenvalue weighted by molar-refractivity contribution is 0.103. The quantitative estimate of drug-likeness (QED) is 0.767. The molecule has 0 aromatic heterocycles. The Morgan fingerprint density at radius 2 is 2.13 bits per heavy atom. The fourth-order valence-electron chi connectivity index (χ4n) is 1.08. The van der Waals surface area contributed by atoms with Gasteiger partial charge in [0.25, 0.3) is 0 Å². The second-order valence-electron chi connectivity index (χ2n) is 3.59. The topological polar surface area (TPSA) is 12.5 Å². The number of nitrogens with zero attached hydrogens (tertiary/aromatic N) is 1. The molecule has 1 aromatic rings. The van der Waals surface area contributed by atoms with Crippen molar-refractivity contribution in [2.45, 2.75) is 6.61 Å². The van der Waals surface area contributed by atoms with Crippen LogP contribution in [0.15, 0.2) is 22.7 Å². The number of rotatable bonds is 5. The Balaban J connectivity index is 2.40. The van der Waals surface area contributed by atoms with Gasteiger partial charge < -0.3 is 9.64 Å². The van der Waals surface area contributed by atoms with Crippen LogP contribution >= 0.6 is 15.9 Å². The molecule has 0 N–H and O–H groups in total. The number of halogens is 2. The maximum absolute atomic E-state index is 13.2. The van der Waals surface area contributed by atoms with Gasteiger partial charge in [0.15, 0.2) is 0 Å². The largest absolute Gasteiger partial charge is 0.375 e. The summed E-state index contributed by atoms with van der Waals surface area (Å²) in [7, 11) is 3.95. The zero-order valence-corrected chi connectivity index (χ0v) is 10.6. The normalized spacial score (nSPS) is 11.0. The molecule has 0 radical (unpaired) electrons. The lowest BCUT2D eigenvalue weighted by Crippen LogP contribution is -2.18. The molecule has 0 aliphatic rings. The van der Waals surface area contributed by atoms with Gasteiger partial charge in [-0.1, -0.05) is 15.9 Å². The molecule has 84 valence electrons. The van der Waals surface area contributed by atoms with E-state index in [1.54, 1.807) is 12.1 Å². The Morgan fingerprint density at radius 3 is 2.80 bits per heavy atom. The SMILES string of the molecule is CN(C)CCOCc1cc(Br)ccc1F. The van der Waals surface area contributed by atoms with E-state index in [4.69, 9.17) is 4.74 Å². The third-order valence-corrected chi connectivity index (χ3v) is 2.44. The lowest BCUT2D eigenvalue weighted by Gasteiger charge is -2.10. The maximum Gasteiger partial charge on any atom is 0.128 e. The molecule has 1 rings (SSSR count). The summed E-state index contributed by atoms with van der Waals surface area (Å²) < 4.78 is 19.5. The van der Waals surface area contributed by atoms with Crippen molar-refractivity contribution in [2.75, 3.05) is 27.2 Å². The van der Waals surface area contributed by atoms with E-state index in [1.165, 1.54) is 6.07 Å². The summed E-state index contributed by atoms with van der Waals surface area (Å²) in [5, 5.41) is 0. The van der Waals surface area contributed by atoms with Crippen LogP contribution in [0.25, 0.3) is 0 Å². The van der Waals surface area contributed by atoms with E-state index in [2.05, 4.69) is 15.9 Å². The molecule has 0 atom stereocenters. The highest BCUT2D eigenvalue weighted by Gasteiger charge is 2.02. The summed E-state index contributed by atoms with van der Waals surface area (Å²) in [5.41, 5.74) is 0.586. The summed E-state index contributed by atoms with van der Waals surface area (Å²) in [6, 6.07) is 4.86. The van der Waals surface area contributed by atoms with E-state index in [9.17, 15) is 4.39 Å². The predicted octanol–water partition coefficient (Wildman–Crippen LogP) is 2.67. The highest BCUT2D eigenvalue weighted by Crippen LogP contribution is 2.16. The first-order valence-electron chi connectivity index (χ1n) is 4.76. The lowest BCUT2D eigenvalue weighted by atomic mass is 10.2. The fourth-order valence-corrected chi connectivity index (χ4v) is 1.49. The maximum atomic E-state index is 13.2. The molecule has 2 nitrogen and oxygen atoms in total. The van der Waals surface area contributed by atoms with Crippen molar-refractivity contribution in [3.05, 3.63) is 34.1 Å². The van der Waals surface area contributed by atoms with Crippen LogP contribution in [0.5, 0.6) is 0 Å². The molecule has 4 heteroatoms. The van der Waals surface area contributed by atoms with E-state index < -0.39 is 0 Å². The van der Waals surface area contributed by atoms with Gasteiger partial charge in [-0.3, -0.25) is 0 Å². The average molecular weight is 276 g/mol. The van der Waals surface area contributed by atoms with E-state index in [1.807, 2.05) is 19.0 Å². The van der Waals surface area contributed by atoms with Gasteiger partial charge in [0.05, 0.1) is 13.2 Å².